The van der Waals surface area contributed by atoms with Crippen LogP contribution in [0, 0.1) is 0 Å². The minimum atomic E-state index is -1.38. The molecule has 1 heterocycles. The van der Waals surface area contributed by atoms with E-state index in [0.717, 1.165) is 4.90 Å². The van der Waals surface area contributed by atoms with Gasteiger partial charge in [-0.15, -0.1) is 0 Å². The fraction of sp³-hybridized carbons (Fsp3) is 0.556. The van der Waals surface area contributed by atoms with E-state index >= 15 is 0 Å². The number of nitrogens with zero attached hydrogens (tertiary/aromatic N) is 1. The number of hydrogen-bond acceptors (Lipinski definition) is 3. The largest absolute Gasteiger partial charge is 0.371 e. The van der Waals surface area contributed by atoms with E-state index < -0.39 is 11.6 Å². The molecule has 0 aromatic rings. The standard InChI is InChI=1S/C9H13NO3/c1-4-9(3,13)10-7(11)5-6(2)8(10)12/h13H,2,4-5H2,1,3H3. The predicted molar refractivity (Wildman–Crippen MR) is 46.5 cm³/mol. The van der Waals surface area contributed by atoms with Crippen molar-refractivity contribution in [1.82, 2.24) is 4.90 Å². The van der Waals surface area contributed by atoms with Crippen LogP contribution in [0.4, 0.5) is 0 Å². The van der Waals surface area contributed by atoms with Crippen LogP contribution >= 0.6 is 0 Å². The fourth-order valence-electron chi connectivity index (χ4n) is 1.25. The average Bonchev–Trinajstić information content (AvgIpc) is 2.27. The monoisotopic (exact) mass is 183 g/mol. The lowest BCUT2D eigenvalue weighted by molar-refractivity contribution is -0.162. The Morgan fingerprint density at radius 2 is 2.15 bits per heavy atom. The molecule has 1 saturated heterocycles. The van der Waals surface area contributed by atoms with E-state index in [1.807, 2.05) is 0 Å². The number of likely N-dealkylation sites (tertiary alicyclic amines) is 1. The Hall–Kier alpha value is -1.16. The summed E-state index contributed by atoms with van der Waals surface area (Å²) < 4.78 is 0. The van der Waals surface area contributed by atoms with Crippen molar-refractivity contribution in [2.75, 3.05) is 0 Å². The minimum Gasteiger partial charge on any atom is -0.371 e. The normalized spacial score (nSPS) is 22.4. The molecule has 0 bridgehead atoms. The number of amides is 2. The third-order valence-electron chi connectivity index (χ3n) is 2.27. The van der Waals surface area contributed by atoms with Crippen molar-refractivity contribution in [3.8, 4) is 0 Å². The molecule has 72 valence electrons. The van der Waals surface area contributed by atoms with Crippen LogP contribution in [0.25, 0.3) is 0 Å². The lowest BCUT2D eigenvalue weighted by atomic mass is 10.1. The molecule has 0 spiro atoms. The van der Waals surface area contributed by atoms with Gasteiger partial charge in [0.25, 0.3) is 5.91 Å². The Kier molecular flexibility index (Phi) is 2.26. The van der Waals surface area contributed by atoms with Gasteiger partial charge in [-0.05, 0) is 13.3 Å². The molecule has 4 nitrogen and oxygen atoms in total. The molecule has 2 amide bonds. The quantitative estimate of drug-likeness (QED) is 0.498. The molecule has 0 aromatic carbocycles. The van der Waals surface area contributed by atoms with Crippen molar-refractivity contribution in [1.29, 1.82) is 0 Å². The molecular weight excluding hydrogens is 170 g/mol. The highest BCUT2D eigenvalue weighted by Crippen LogP contribution is 2.26. The molecule has 4 heteroatoms. The van der Waals surface area contributed by atoms with Crippen LogP contribution in [0.5, 0.6) is 0 Å². The van der Waals surface area contributed by atoms with E-state index in [1.54, 1.807) is 6.92 Å². The lowest BCUT2D eigenvalue weighted by Gasteiger charge is -2.30. The Morgan fingerprint density at radius 3 is 2.46 bits per heavy atom. The van der Waals surface area contributed by atoms with Crippen molar-refractivity contribution < 1.29 is 14.7 Å². The van der Waals surface area contributed by atoms with Gasteiger partial charge in [-0.3, -0.25) is 9.59 Å². The molecule has 1 atom stereocenters. The number of rotatable bonds is 2. The fourth-order valence-corrected chi connectivity index (χ4v) is 1.25. The summed E-state index contributed by atoms with van der Waals surface area (Å²) in [5.41, 5.74) is -1.13. The maximum absolute atomic E-state index is 11.4. The van der Waals surface area contributed by atoms with Gasteiger partial charge in [-0.2, -0.15) is 0 Å². The van der Waals surface area contributed by atoms with Gasteiger partial charge in [-0.25, -0.2) is 4.90 Å². The predicted octanol–water partition coefficient (Wildman–Crippen LogP) is 0.420. The first-order chi connectivity index (χ1) is 5.90. The summed E-state index contributed by atoms with van der Waals surface area (Å²) in [6.45, 7) is 6.62. The second kappa shape index (κ2) is 2.96. The van der Waals surface area contributed by atoms with Gasteiger partial charge in [0.05, 0.1) is 6.42 Å². The van der Waals surface area contributed by atoms with Gasteiger partial charge in [0.1, 0.15) is 5.72 Å². The molecular formula is C9H13NO3. The molecule has 1 rings (SSSR count). The maximum atomic E-state index is 11.4. The summed E-state index contributed by atoms with van der Waals surface area (Å²) >= 11 is 0. The second-order valence-corrected chi connectivity index (χ2v) is 3.39. The van der Waals surface area contributed by atoms with Gasteiger partial charge in [0.15, 0.2) is 0 Å². The Labute approximate surface area is 76.8 Å². The van der Waals surface area contributed by atoms with E-state index in [2.05, 4.69) is 6.58 Å². The van der Waals surface area contributed by atoms with Gasteiger partial charge in [-0.1, -0.05) is 13.5 Å². The van der Waals surface area contributed by atoms with Crippen molar-refractivity contribution in [3.05, 3.63) is 12.2 Å². The van der Waals surface area contributed by atoms with Crippen LogP contribution in [-0.2, 0) is 9.59 Å². The van der Waals surface area contributed by atoms with Crippen LogP contribution in [-0.4, -0.2) is 27.5 Å². The SMILES string of the molecule is C=C1CC(=O)N(C(C)(O)CC)C1=O. The first-order valence-electron chi connectivity index (χ1n) is 4.17. The first kappa shape index (κ1) is 9.92. The summed E-state index contributed by atoms with van der Waals surface area (Å²) in [5.74, 6) is -0.835. The molecule has 0 saturated carbocycles. The smallest absolute Gasteiger partial charge is 0.258 e. The van der Waals surface area contributed by atoms with Gasteiger partial charge < -0.3 is 5.11 Å². The summed E-state index contributed by atoms with van der Waals surface area (Å²) in [6.07, 6.45) is 0.340. The zero-order valence-corrected chi connectivity index (χ0v) is 7.83. The van der Waals surface area contributed by atoms with E-state index in [9.17, 15) is 14.7 Å². The van der Waals surface area contributed by atoms with Crippen LogP contribution in [0.15, 0.2) is 12.2 Å². The minimum absolute atomic E-state index is 0.0228. The van der Waals surface area contributed by atoms with Crippen molar-refractivity contribution in [2.45, 2.75) is 32.4 Å². The zero-order valence-electron chi connectivity index (χ0n) is 7.83. The lowest BCUT2D eigenvalue weighted by Crippen LogP contribution is -2.48. The Bertz CT molecular complexity index is 281. The summed E-state index contributed by atoms with van der Waals surface area (Å²) in [7, 11) is 0. The van der Waals surface area contributed by atoms with Crippen LogP contribution < -0.4 is 0 Å². The summed E-state index contributed by atoms with van der Waals surface area (Å²) in [5, 5.41) is 9.72. The number of hydrogen-bond donors (Lipinski definition) is 1. The second-order valence-electron chi connectivity index (χ2n) is 3.39. The molecule has 0 radical (unpaired) electrons. The highest BCUT2D eigenvalue weighted by atomic mass is 16.3. The highest BCUT2D eigenvalue weighted by Gasteiger charge is 2.42. The molecule has 0 aliphatic carbocycles. The van der Waals surface area contributed by atoms with E-state index in [1.165, 1.54) is 6.92 Å². The van der Waals surface area contributed by atoms with Gasteiger partial charge in [0, 0.05) is 5.57 Å². The Balaban J connectivity index is 2.99. The van der Waals surface area contributed by atoms with Gasteiger partial charge in [0.2, 0.25) is 5.91 Å². The molecule has 1 N–H and O–H groups in total. The van der Waals surface area contributed by atoms with Crippen molar-refractivity contribution in [2.24, 2.45) is 0 Å². The average molecular weight is 183 g/mol. The Morgan fingerprint density at radius 1 is 1.62 bits per heavy atom. The van der Waals surface area contributed by atoms with Crippen LogP contribution in [0.2, 0.25) is 0 Å². The van der Waals surface area contributed by atoms with E-state index in [-0.39, 0.29) is 17.9 Å². The van der Waals surface area contributed by atoms with E-state index in [4.69, 9.17) is 0 Å². The summed E-state index contributed by atoms with van der Waals surface area (Å²) in [4.78, 5) is 23.5. The topological polar surface area (TPSA) is 57.6 Å². The van der Waals surface area contributed by atoms with Crippen LogP contribution in [0.1, 0.15) is 26.7 Å². The highest BCUT2D eigenvalue weighted by molar-refractivity contribution is 6.13. The molecule has 0 aromatic heterocycles. The number of aliphatic hydroxyl groups is 1. The molecule has 1 fully saturated rings. The molecule has 1 aliphatic rings. The third kappa shape index (κ3) is 1.49. The zero-order chi connectivity index (χ0) is 10.2. The molecule has 1 aliphatic heterocycles. The molecule has 13 heavy (non-hydrogen) atoms. The number of carbonyl (C=O) groups excluding carboxylic acids is 2. The maximum Gasteiger partial charge on any atom is 0.258 e. The number of carbonyl (C=O) groups is 2. The number of imide groups is 1. The van der Waals surface area contributed by atoms with Gasteiger partial charge >= 0.3 is 0 Å². The first-order valence-corrected chi connectivity index (χ1v) is 4.17. The van der Waals surface area contributed by atoms with E-state index in [0.29, 0.717) is 6.42 Å². The summed E-state index contributed by atoms with van der Waals surface area (Å²) in [6, 6.07) is 0. The third-order valence-corrected chi connectivity index (χ3v) is 2.27. The molecule has 1 unspecified atom stereocenters. The van der Waals surface area contributed by atoms with Crippen molar-refractivity contribution in [3.63, 3.8) is 0 Å². The van der Waals surface area contributed by atoms with Crippen LogP contribution in [0.3, 0.4) is 0 Å². The van der Waals surface area contributed by atoms with Crippen molar-refractivity contribution >= 4 is 11.8 Å².